The van der Waals surface area contributed by atoms with E-state index in [4.69, 9.17) is 24.1 Å². The molecule has 9 nitrogen and oxygen atoms in total. The summed E-state index contributed by atoms with van der Waals surface area (Å²) in [6, 6.07) is 0. The molecule has 0 spiro atoms. The highest BCUT2D eigenvalue weighted by atomic mass is 16.6. The summed E-state index contributed by atoms with van der Waals surface area (Å²) >= 11 is 0. The fourth-order valence-electron chi connectivity index (χ4n) is 1.74. The van der Waals surface area contributed by atoms with Gasteiger partial charge in [-0.2, -0.15) is 0 Å². The Morgan fingerprint density at radius 1 is 0.692 bits per heavy atom. The third kappa shape index (κ3) is 15.5. The largest absolute Gasteiger partial charge is 0.476 e. The maximum Gasteiger partial charge on any atom is 0.372 e. The number of hydrogen-bond donors (Lipinski definition) is 1. The number of carboxylic acids is 1. The van der Waals surface area contributed by atoms with E-state index in [9.17, 15) is 19.2 Å². The lowest BCUT2D eigenvalue weighted by molar-refractivity contribution is -0.151. The highest BCUT2D eigenvalue weighted by molar-refractivity contribution is 6.32. The van der Waals surface area contributed by atoms with Crippen LogP contribution in [0.15, 0.2) is 0 Å². The molecule has 0 aromatic rings. The molecule has 0 radical (unpaired) electrons. The first-order valence-corrected chi connectivity index (χ1v) is 8.70. The van der Waals surface area contributed by atoms with Crippen LogP contribution in [0.2, 0.25) is 0 Å². The van der Waals surface area contributed by atoms with Gasteiger partial charge in [0, 0.05) is 12.8 Å². The summed E-state index contributed by atoms with van der Waals surface area (Å²) in [5.41, 5.74) is 0. The van der Waals surface area contributed by atoms with Crippen molar-refractivity contribution in [3.05, 3.63) is 0 Å². The number of carboxylic acid groups (broad SMARTS) is 1. The van der Waals surface area contributed by atoms with Crippen molar-refractivity contribution in [3.8, 4) is 0 Å². The predicted octanol–water partition coefficient (Wildman–Crippen LogP) is 1.12. The van der Waals surface area contributed by atoms with E-state index in [0.717, 1.165) is 19.3 Å². The lowest BCUT2D eigenvalue weighted by atomic mass is 10.2. The van der Waals surface area contributed by atoms with Crippen LogP contribution in [0, 0.1) is 0 Å². The fraction of sp³-hybridized carbons (Fsp3) is 0.765. The Bertz CT molecular complexity index is 434. The van der Waals surface area contributed by atoms with E-state index in [1.165, 1.54) is 0 Å². The minimum absolute atomic E-state index is 0.00939. The number of carbonyl (C=O) groups excluding carboxylic acids is 3. The maximum atomic E-state index is 11.3. The van der Waals surface area contributed by atoms with E-state index in [1.807, 2.05) is 0 Å². The van der Waals surface area contributed by atoms with E-state index in [2.05, 4.69) is 6.92 Å². The molecule has 0 saturated heterocycles. The number of carbonyl (C=O) groups is 4. The van der Waals surface area contributed by atoms with Gasteiger partial charge in [-0.25, -0.2) is 4.79 Å². The molecule has 0 aliphatic rings. The van der Waals surface area contributed by atoms with Gasteiger partial charge in [-0.3, -0.25) is 14.4 Å². The monoisotopic (exact) mass is 376 g/mol. The van der Waals surface area contributed by atoms with Gasteiger partial charge in [0.05, 0.1) is 32.8 Å². The first kappa shape index (κ1) is 24.0. The van der Waals surface area contributed by atoms with Gasteiger partial charge < -0.3 is 24.1 Å². The Labute approximate surface area is 152 Å². The number of aliphatic carboxylic acids is 1. The quantitative estimate of drug-likeness (QED) is 0.226. The molecule has 0 fully saturated rings. The smallest absolute Gasteiger partial charge is 0.372 e. The Morgan fingerprint density at radius 2 is 1.19 bits per heavy atom. The topological polar surface area (TPSA) is 125 Å². The number of rotatable bonds is 17. The summed E-state index contributed by atoms with van der Waals surface area (Å²) in [7, 11) is 0. The lowest BCUT2D eigenvalue weighted by Crippen LogP contribution is -2.17. The van der Waals surface area contributed by atoms with E-state index in [1.54, 1.807) is 0 Å². The molecule has 0 aliphatic carbocycles. The predicted molar refractivity (Wildman–Crippen MR) is 89.6 cm³/mol. The SMILES string of the molecule is CCCCCC(=O)OCCOCCOCCOC(=O)CCC(=O)C(=O)O. The summed E-state index contributed by atoms with van der Waals surface area (Å²) in [6.45, 7) is 3.33. The van der Waals surface area contributed by atoms with Gasteiger partial charge in [0.25, 0.3) is 0 Å². The van der Waals surface area contributed by atoms with Crippen molar-refractivity contribution in [3.63, 3.8) is 0 Å². The van der Waals surface area contributed by atoms with Crippen molar-refractivity contribution >= 4 is 23.7 Å². The van der Waals surface area contributed by atoms with E-state index >= 15 is 0 Å². The van der Waals surface area contributed by atoms with Crippen molar-refractivity contribution < 1.29 is 43.2 Å². The molecule has 0 bridgehead atoms. The number of Topliss-reactive ketones (excluding diaryl/α,β-unsaturated/α-hetero) is 1. The van der Waals surface area contributed by atoms with Crippen molar-refractivity contribution in [1.82, 2.24) is 0 Å². The third-order valence-corrected chi connectivity index (χ3v) is 3.13. The zero-order chi connectivity index (χ0) is 19.6. The average molecular weight is 376 g/mol. The Kier molecular flexibility index (Phi) is 15.2. The third-order valence-electron chi connectivity index (χ3n) is 3.13. The minimum atomic E-state index is -1.56. The molecule has 0 unspecified atom stereocenters. The Morgan fingerprint density at radius 3 is 1.69 bits per heavy atom. The van der Waals surface area contributed by atoms with Crippen LogP contribution in [0.1, 0.15) is 45.4 Å². The van der Waals surface area contributed by atoms with Gasteiger partial charge in [-0.1, -0.05) is 19.8 Å². The van der Waals surface area contributed by atoms with E-state index in [0.29, 0.717) is 19.6 Å². The number of ketones is 1. The molecule has 0 aliphatic heterocycles. The standard InChI is InChI=1S/C17H28O9/c1-2-3-4-5-15(19)25-12-10-23-8-9-24-11-13-26-16(20)7-6-14(18)17(21)22/h2-13H2,1H3,(H,21,22). The fourth-order valence-corrected chi connectivity index (χ4v) is 1.74. The number of esters is 2. The second-order valence-corrected chi connectivity index (χ2v) is 5.35. The molecule has 0 atom stereocenters. The zero-order valence-corrected chi connectivity index (χ0v) is 15.2. The minimum Gasteiger partial charge on any atom is -0.476 e. The van der Waals surface area contributed by atoms with E-state index in [-0.39, 0.29) is 45.2 Å². The molecule has 0 amide bonds. The van der Waals surface area contributed by atoms with Crippen LogP contribution < -0.4 is 0 Å². The van der Waals surface area contributed by atoms with Gasteiger partial charge >= 0.3 is 17.9 Å². The molecule has 0 heterocycles. The van der Waals surface area contributed by atoms with Crippen LogP contribution in [-0.4, -0.2) is 68.4 Å². The summed E-state index contributed by atoms with van der Waals surface area (Å²) in [5, 5.41) is 8.36. The van der Waals surface area contributed by atoms with Crippen LogP contribution in [0.5, 0.6) is 0 Å². The summed E-state index contributed by atoms with van der Waals surface area (Å²) in [4.78, 5) is 43.6. The molecule has 9 heteroatoms. The van der Waals surface area contributed by atoms with Crippen LogP contribution in [-0.2, 0) is 38.1 Å². The zero-order valence-electron chi connectivity index (χ0n) is 15.2. The highest BCUT2D eigenvalue weighted by Crippen LogP contribution is 2.00. The number of unbranched alkanes of at least 4 members (excludes halogenated alkanes) is 2. The van der Waals surface area contributed by atoms with Crippen molar-refractivity contribution in [1.29, 1.82) is 0 Å². The molecular weight excluding hydrogens is 348 g/mol. The maximum absolute atomic E-state index is 11.3. The molecule has 150 valence electrons. The van der Waals surface area contributed by atoms with Crippen LogP contribution in [0.25, 0.3) is 0 Å². The second kappa shape index (κ2) is 16.5. The van der Waals surface area contributed by atoms with E-state index < -0.39 is 17.7 Å². The first-order valence-electron chi connectivity index (χ1n) is 8.70. The normalized spacial score (nSPS) is 10.3. The van der Waals surface area contributed by atoms with Gasteiger partial charge in [0.1, 0.15) is 13.2 Å². The van der Waals surface area contributed by atoms with Gasteiger partial charge in [-0.15, -0.1) is 0 Å². The van der Waals surface area contributed by atoms with Crippen LogP contribution in [0.3, 0.4) is 0 Å². The van der Waals surface area contributed by atoms with Crippen molar-refractivity contribution in [2.45, 2.75) is 45.4 Å². The molecular formula is C17H28O9. The molecule has 0 aromatic carbocycles. The molecule has 0 rings (SSSR count). The Hall–Kier alpha value is -2.00. The molecule has 1 N–H and O–H groups in total. The van der Waals surface area contributed by atoms with Crippen molar-refractivity contribution in [2.24, 2.45) is 0 Å². The Balaban J connectivity index is 3.33. The summed E-state index contributed by atoms with van der Waals surface area (Å²) < 4.78 is 20.2. The first-order chi connectivity index (χ1) is 12.5. The second-order valence-electron chi connectivity index (χ2n) is 5.35. The molecule has 0 saturated carbocycles. The van der Waals surface area contributed by atoms with Crippen LogP contribution >= 0.6 is 0 Å². The average Bonchev–Trinajstić information content (AvgIpc) is 2.61. The number of hydrogen-bond acceptors (Lipinski definition) is 8. The van der Waals surface area contributed by atoms with Gasteiger partial charge in [0.15, 0.2) is 0 Å². The van der Waals surface area contributed by atoms with Gasteiger partial charge in [0.2, 0.25) is 5.78 Å². The molecule has 0 aromatic heterocycles. The van der Waals surface area contributed by atoms with Crippen LogP contribution in [0.4, 0.5) is 0 Å². The summed E-state index contributed by atoms with van der Waals surface area (Å²) in [5.74, 6) is -3.46. The highest BCUT2D eigenvalue weighted by Gasteiger charge is 2.14. The lowest BCUT2D eigenvalue weighted by Gasteiger charge is -2.07. The number of ether oxygens (including phenoxy) is 4. The molecule has 26 heavy (non-hydrogen) atoms. The van der Waals surface area contributed by atoms with Crippen molar-refractivity contribution in [2.75, 3.05) is 39.6 Å². The van der Waals surface area contributed by atoms with Gasteiger partial charge in [-0.05, 0) is 6.42 Å². The summed E-state index contributed by atoms with van der Waals surface area (Å²) in [6.07, 6.45) is 2.68.